The van der Waals surface area contributed by atoms with E-state index in [1.54, 1.807) is 6.33 Å². The summed E-state index contributed by atoms with van der Waals surface area (Å²) >= 11 is 5.94. The van der Waals surface area contributed by atoms with Crippen molar-refractivity contribution in [3.63, 3.8) is 0 Å². The van der Waals surface area contributed by atoms with Crippen molar-refractivity contribution in [2.45, 2.75) is 13.1 Å². The third-order valence-corrected chi connectivity index (χ3v) is 4.76. The smallest absolute Gasteiger partial charge is 0.227 e. The first-order chi connectivity index (χ1) is 14.2. The number of nitrogens with zero attached hydrogens (tertiary/aromatic N) is 4. The normalized spacial score (nSPS) is 11.2. The number of fused-ring (bicyclic) bond motifs is 2. The summed E-state index contributed by atoms with van der Waals surface area (Å²) in [6, 6.07) is 15.6. The van der Waals surface area contributed by atoms with Gasteiger partial charge in [0.2, 0.25) is 5.95 Å². The van der Waals surface area contributed by atoms with Crippen LogP contribution in [0.2, 0.25) is 5.02 Å². The van der Waals surface area contributed by atoms with Crippen LogP contribution in [0.15, 0.2) is 54.9 Å². The second-order valence-electron chi connectivity index (χ2n) is 6.53. The van der Waals surface area contributed by atoms with Crippen molar-refractivity contribution >= 4 is 45.6 Å². The van der Waals surface area contributed by atoms with Gasteiger partial charge in [0.15, 0.2) is 11.5 Å². The van der Waals surface area contributed by atoms with Crippen LogP contribution < -0.4 is 10.6 Å². The summed E-state index contributed by atoms with van der Waals surface area (Å²) in [5.74, 6) is 1.98. The highest BCUT2D eigenvalue weighted by molar-refractivity contribution is 6.30. The number of hydrogen-bond acceptors (Lipinski definition) is 6. The van der Waals surface area contributed by atoms with E-state index in [0.29, 0.717) is 35.5 Å². The van der Waals surface area contributed by atoms with Crippen molar-refractivity contribution in [3.8, 4) is 0 Å². The molecule has 5 aromatic rings. The highest BCUT2D eigenvalue weighted by Gasteiger charge is 2.11. The molecule has 0 radical (unpaired) electrons. The zero-order chi connectivity index (χ0) is 19.6. The molecule has 0 fully saturated rings. The number of hydrogen-bond donors (Lipinski definition) is 4. The topological polar surface area (TPSA) is 107 Å². The van der Waals surface area contributed by atoms with Gasteiger partial charge in [0.1, 0.15) is 11.3 Å². The van der Waals surface area contributed by atoms with E-state index < -0.39 is 0 Å². The molecule has 0 atom stereocenters. The molecule has 0 spiro atoms. The van der Waals surface area contributed by atoms with Gasteiger partial charge in [-0.1, -0.05) is 35.9 Å². The van der Waals surface area contributed by atoms with Crippen LogP contribution in [-0.2, 0) is 13.1 Å². The minimum atomic E-state index is 0.492. The molecular formula is C20H17ClN8. The Labute approximate surface area is 170 Å². The van der Waals surface area contributed by atoms with Gasteiger partial charge >= 0.3 is 0 Å². The maximum absolute atomic E-state index is 5.94. The number of aromatic nitrogens is 6. The van der Waals surface area contributed by atoms with E-state index in [1.807, 2.05) is 48.5 Å². The molecule has 0 bridgehead atoms. The first kappa shape index (κ1) is 17.4. The molecular weight excluding hydrogens is 388 g/mol. The first-order valence-corrected chi connectivity index (χ1v) is 9.49. The number of anilines is 2. The van der Waals surface area contributed by atoms with Crippen LogP contribution in [0.3, 0.4) is 0 Å². The van der Waals surface area contributed by atoms with Crippen molar-refractivity contribution in [2.24, 2.45) is 0 Å². The molecule has 29 heavy (non-hydrogen) atoms. The van der Waals surface area contributed by atoms with E-state index in [0.717, 1.165) is 27.9 Å². The summed E-state index contributed by atoms with van der Waals surface area (Å²) in [4.78, 5) is 24.3. The molecule has 0 amide bonds. The Morgan fingerprint density at radius 2 is 1.76 bits per heavy atom. The number of aromatic amines is 2. The van der Waals surface area contributed by atoms with Crippen LogP contribution >= 0.6 is 11.6 Å². The number of imidazole rings is 2. The Hall–Kier alpha value is -3.65. The molecule has 8 nitrogen and oxygen atoms in total. The summed E-state index contributed by atoms with van der Waals surface area (Å²) in [6.45, 7) is 1.08. The highest BCUT2D eigenvalue weighted by Crippen LogP contribution is 2.20. The Bertz CT molecular complexity index is 1240. The third kappa shape index (κ3) is 3.70. The van der Waals surface area contributed by atoms with Crippen LogP contribution in [0.1, 0.15) is 11.4 Å². The van der Waals surface area contributed by atoms with Gasteiger partial charge in [0.25, 0.3) is 0 Å². The Morgan fingerprint density at radius 3 is 2.62 bits per heavy atom. The average molecular weight is 405 g/mol. The monoisotopic (exact) mass is 404 g/mol. The summed E-state index contributed by atoms with van der Waals surface area (Å²) in [7, 11) is 0. The molecule has 0 aliphatic carbocycles. The van der Waals surface area contributed by atoms with Crippen LogP contribution in [0, 0.1) is 0 Å². The molecule has 3 heterocycles. The quantitative estimate of drug-likeness (QED) is 0.339. The van der Waals surface area contributed by atoms with Gasteiger partial charge in [0.05, 0.1) is 23.9 Å². The lowest BCUT2D eigenvalue weighted by Crippen LogP contribution is -2.08. The lowest BCUT2D eigenvalue weighted by molar-refractivity contribution is 0.991. The molecule has 0 unspecified atom stereocenters. The van der Waals surface area contributed by atoms with Crippen LogP contribution in [0.25, 0.3) is 22.2 Å². The van der Waals surface area contributed by atoms with Gasteiger partial charge in [-0.15, -0.1) is 0 Å². The van der Waals surface area contributed by atoms with E-state index in [2.05, 4.69) is 40.5 Å². The number of rotatable bonds is 6. The Morgan fingerprint density at radius 1 is 0.897 bits per heavy atom. The molecule has 3 aromatic heterocycles. The summed E-state index contributed by atoms with van der Waals surface area (Å²) < 4.78 is 0. The van der Waals surface area contributed by atoms with E-state index in [1.165, 1.54) is 0 Å². The zero-order valence-electron chi connectivity index (χ0n) is 15.3. The maximum Gasteiger partial charge on any atom is 0.227 e. The molecule has 2 aromatic carbocycles. The van der Waals surface area contributed by atoms with Crippen molar-refractivity contribution in [1.82, 2.24) is 29.9 Å². The minimum absolute atomic E-state index is 0.492. The fourth-order valence-corrected chi connectivity index (χ4v) is 3.21. The predicted molar refractivity (Wildman–Crippen MR) is 114 cm³/mol. The lowest BCUT2D eigenvalue weighted by atomic mass is 10.2. The average Bonchev–Trinajstić information content (AvgIpc) is 3.38. The lowest BCUT2D eigenvalue weighted by Gasteiger charge is -2.09. The number of benzene rings is 2. The molecule has 0 aliphatic rings. The van der Waals surface area contributed by atoms with Gasteiger partial charge < -0.3 is 20.6 Å². The second-order valence-corrected chi connectivity index (χ2v) is 6.97. The molecule has 9 heteroatoms. The SMILES string of the molecule is Clc1ccc(CNc2nc(NCc3nc4ccccc4[nH]3)c3[nH]cnc3n2)cc1. The highest BCUT2D eigenvalue weighted by atomic mass is 35.5. The van der Waals surface area contributed by atoms with Crippen LogP contribution in [-0.4, -0.2) is 29.9 Å². The number of para-hydroxylation sites is 2. The maximum atomic E-state index is 5.94. The Balaban J connectivity index is 1.36. The van der Waals surface area contributed by atoms with Gasteiger partial charge in [-0.2, -0.15) is 9.97 Å². The molecule has 4 N–H and O–H groups in total. The largest absolute Gasteiger partial charge is 0.361 e. The fraction of sp³-hybridized carbons (Fsp3) is 0.100. The van der Waals surface area contributed by atoms with Crippen LogP contribution in [0.5, 0.6) is 0 Å². The summed E-state index contributed by atoms with van der Waals surface area (Å²) in [6.07, 6.45) is 1.61. The molecule has 0 saturated carbocycles. The molecule has 144 valence electrons. The molecule has 5 rings (SSSR count). The van der Waals surface area contributed by atoms with E-state index >= 15 is 0 Å². The van der Waals surface area contributed by atoms with Crippen LogP contribution in [0.4, 0.5) is 11.8 Å². The number of H-pyrrole nitrogens is 2. The second kappa shape index (κ2) is 7.40. The Kier molecular flexibility index (Phi) is 4.45. The van der Waals surface area contributed by atoms with E-state index in [9.17, 15) is 0 Å². The van der Waals surface area contributed by atoms with Crippen molar-refractivity contribution in [1.29, 1.82) is 0 Å². The minimum Gasteiger partial charge on any atom is -0.361 e. The van der Waals surface area contributed by atoms with Gasteiger partial charge in [0, 0.05) is 11.6 Å². The molecule has 0 saturated heterocycles. The standard InChI is InChI=1S/C20H17ClN8/c21-13-7-5-12(6-8-13)9-23-20-28-18(17-19(29-20)25-11-24-17)22-10-16-26-14-3-1-2-4-15(14)27-16/h1-8,11H,9-10H2,(H,26,27)(H3,22,23,24,25,28,29). The summed E-state index contributed by atoms with van der Waals surface area (Å²) in [5.41, 5.74) is 4.36. The predicted octanol–water partition coefficient (Wildman–Crippen LogP) is 4.11. The van der Waals surface area contributed by atoms with Gasteiger partial charge in [-0.3, -0.25) is 0 Å². The van der Waals surface area contributed by atoms with Gasteiger partial charge in [-0.05, 0) is 29.8 Å². The number of nitrogens with one attached hydrogen (secondary N) is 4. The first-order valence-electron chi connectivity index (χ1n) is 9.11. The fourth-order valence-electron chi connectivity index (χ4n) is 3.08. The zero-order valence-corrected chi connectivity index (χ0v) is 16.0. The van der Waals surface area contributed by atoms with E-state index in [4.69, 9.17) is 11.6 Å². The van der Waals surface area contributed by atoms with Crippen molar-refractivity contribution < 1.29 is 0 Å². The van der Waals surface area contributed by atoms with Gasteiger partial charge in [-0.25, -0.2) is 9.97 Å². The van der Waals surface area contributed by atoms with E-state index in [-0.39, 0.29) is 0 Å². The third-order valence-electron chi connectivity index (χ3n) is 4.51. The van der Waals surface area contributed by atoms with Crippen molar-refractivity contribution in [2.75, 3.05) is 10.6 Å². The molecule has 0 aliphatic heterocycles. The summed E-state index contributed by atoms with van der Waals surface area (Å²) in [5, 5.41) is 7.27. The number of halogens is 1. The van der Waals surface area contributed by atoms with Crippen molar-refractivity contribution in [3.05, 3.63) is 71.3 Å².